The van der Waals surface area contributed by atoms with Crippen molar-refractivity contribution in [2.24, 2.45) is 17.8 Å². The summed E-state index contributed by atoms with van der Waals surface area (Å²) in [7, 11) is 0. The van der Waals surface area contributed by atoms with Gasteiger partial charge in [0.2, 0.25) is 5.91 Å². The van der Waals surface area contributed by atoms with Gasteiger partial charge in [-0.25, -0.2) is 4.79 Å². The second kappa shape index (κ2) is 5.39. The summed E-state index contributed by atoms with van der Waals surface area (Å²) in [5, 5.41) is 21.1. The van der Waals surface area contributed by atoms with Crippen LogP contribution in [0.15, 0.2) is 18.2 Å². The summed E-state index contributed by atoms with van der Waals surface area (Å²) in [4.78, 5) is 23.3. The van der Waals surface area contributed by atoms with Gasteiger partial charge in [0, 0.05) is 6.42 Å². The van der Waals surface area contributed by atoms with Gasteiger partial charge in [0.25, 0.3) is 0 Å². The quantitative estimate of drug-likeness (QED) is 0.744. The molecule has 2 saturated carbocycles. The SMILES string of the molecule is O=C(CC1CC2CCC1C2)Nc1ccc(O)cc1C(=O)O. The summed E-state index contributed by atoms with van der Waals surface area (Å²) in [5.41, 5.74) is 0.157. The number of anilines is 1. The van der Waals surface area contributed by atoms with Gasteiger partial charge in [-0.1, -0.05) is 6.42 Å². The monoisotopic (exact) mass is 289 g/mol. The van der Waals surface area contributed by atoms with Gasteiger partial charge in [0.05, 0.1) is 11.3 Å². The maximum atomic E-state index is 12.1. The Bertz CT molecular complexity index is 584. The maximum absolute atomic E-state index is 12.1. The van der Waals surface area contributed by atoms with Crippen molar-refractivity contribution in [2.75, 3.05) is 5.32 Å². The van der Waals surface area contributed by atoms with Gasteiger partial charge < -0.3 is 15.5 Å². The van der Waals surface area contributed by atoms with Gasteiger partial charge in [-0.3, -0.25) is 4.79 Å². The summed E-state index contributed by atoms with van der Waals surface area (Å²) >= 11 is 0. The summed E-state index contributed by atoms with van der Waals surface area (Å²) in [6, 6.07) is 3.95. The maximum Gasteiger partial charge on any atom is 0.337 e. The van der Waals surface area contributed by atoms with Crippen LogP contribution in [0.3, 0.4) is 0 Å². The van der Waals surface area contributed by atoms with Crippen LogP contribution in [0, 0.1) is 17.8 Å². The highest BCUT2D eigenvalue weighted by Gasteiger charge is 2.40. The average Bonchev–Trinajstić information content (AvgIpc) is 3.02. The number of benzene rings is 1. The molecule has 0 aliphatic heterocycles. The molecule has 1 aromatic carbocycles. The number of aromatic carboxylic acids is 1. The van der Waals surface area contributed by atoms with E-state index in [1.54, 1.807) is 0 Å². The topological polar surface area (TPSA) is 86.6 Å². The molecule has 21 heavy (non-hydrogen) atoms. The third kappa shape index (κ3) is 2.86. The molecule has 0 radical (unpaired) electrons. The number of carbonyl (C=O) groups is 2. The number of hydrogen-bond acceptors (Lipinski definition) is 3. The molecule has 0 aromatic heterocycles. The lowest BCUT2D eigenvalue weighted by molar-refractivity contribution is -0.117. The molecule has 3 atom stereocenters. The molecule has 0 heterocycles. The summed E-state index contributed by atoms with van der Waals surface area (Å²) < 4.78 is 0. The number of aromatic hydroxyl groups is 1. The van der Waals surface area contributed by atoms with Crippen molar-refractivity contribution in [1.82, 2.24) is 0 Å². The van der Waals surface area contributed by atoms with Gasteiger partial charge in [0.15, 0.2) is 0 Å². The summed E-state index contributed by atoms with van der Waals surface area (Å²) in [6.45, 7) is 0. The number of carbonyl (C=O) groups excluding carboxylic acids is 1. The average molecular weight is 289 g/mol. The first-order valence-corrected chi connectivity index (χ1v) is 7.39. The Morgan fingerprint density at radius 2 is 2.05 bits per heavy atom. The van der Waals surface area contributed by atoms with Crippen molar-refractivity contribution in [3.8, 4) is 5.75 Å². The summed E-state index contributed by atoms with van der Waals surface area (Å²) in [6.07, 6.45) is 5.35. The van der Waals surface area contributed by atoms with Gasteiger partial charge in [-0.15, -0.1) is 0 Å². The third-order valence-corrected chi connectivity index (χ3v) is 4.84. The lowest BCUT2D eigenvalue weighted by atomic mass is 9.86. The first-order chi connectivity index (χ1) is 10.0. The minimum atomic E-state index is -1.17. The standard InChI is InChI=1S/C16H19NO4/c18-12-3-4-14(13(8-12)16(20)21)17-15(19)7-11-6-9-1-2-10(11)5-9/h3-4,8-11,18H,1-2,5-7H2,(H,17,19)(H,20,21). The molecule has 5 heteroatoms. The van der Waals surface area contributed by atoms with Gasteiger partial charge in [-0.05, 0) is 55.2 Å². The van der Waals surface area contributed by atoms with Crippen LogP contribution in [0.1, 0.15) is 42.5 Å². The van der Waals surface area contributed by atoms with E-state index in [1.165, 1.54) is 31.4 Å². The zero-order chi connectivity index (χ0) is 15.0. The Hall–Kier alpha value is -2.04. The molecule has 112 valence electrons. The highest BCUT2D eigenvalue weighted by molar-refractivity contribution is 6.00. The zero-order valence-corrected chi connectivity index (χ0v) is 11.7. The molecule has 3 rings (SSSR count). The van der Waals surface area contributed by atoms with E-state index >= 15 is 0 Å². The molecule has 0 spiro atoms. The first-order valence-electron chi connectivity index (χ1n) is 7.39. The fourth-order valence-corrected chi connectivity index (χ4v) is 3.88. The van der Waals surface area contributed by atoms with Crippen molar-refractivity contribution in [3.05, 3.63) is 23.8 Å². The smallest absolute Gasteiger partial charge is 0.337 e. The molecule has 3 N–H and O–H groups in total. The Balaban J connectivity index is 1.66. The van der Waals surface area contributed by atoms with Crippen LogP contribution < -0.4 is 5.32 Å². The Kier molecular flexibility index (Phi) is 3.57. The van der Waals surface area contributed by atoms with Crippen LogP contribution in [0.2, 0.25) is 0 Å². The van der Waals surface area contributed by atoms with Crippen molar-refractivity contribution < 1.29 is 19.8 Å². The van der Waals surface area contributed by atoms with Gasteiger partial charge in [0.1, 0.15) is 5.75 Å². The van der Waals surface area contributed by atoms with Crippen molar-refractivity contribution >= 4 is 17.6 Å². The number of fused-ring (bicyclic) bond motifs is 2. The number of rotatable bonds is 4. The van der Waals surface area contributed by atoms with E-state index in [2.05, 4.69) is 5.32 Å². The number of carboxylic acid groups (broad SMARTS) is 1. The fraction of sp³-hybridized carbons (Fsp3) is 0.500. The second-order valence-corrected chi connectivity index (χ2v) is 6.22. The molecule has 0 saturated heterocycles. The highest BCUT2D eigenvalue weighted by atomic mass is 16.4. The van der Waals surface area contributed by atoms with E-state index in [-0.39, 0.29) is 22.9 Å². The Morgan fingerprint density at radius 1 is 1.24 bits per heavy atom. The van der Waals surface area contributed by atoms with E-state index in [0.29, 0.717) is 18.3 Å². The molecule has 2 aliphatic carbocycles. The minimum Gasteiger partial charge on any atom is -0.508 e. The fourth-order valence-electron chi connectivity index (χ4n) is 3.88. The Morgan fingerprint density at radius 3 is 2.67 bits per heavy atom. The molecule has 3 unspecified atom stereocenters. The highest BCUT2D eigenvalue weighted by Crippen LogP contribution is 2.49. The van der Waals surface area contributed by atoms with Crippen LogP contribution in [-0.4, -0.2) is 22.1 Å². The molecule has 5 nitrogen and oxygen atoms in total. The van der Waals surface area contributed by atoms with E-state index < -0.39 is 5.97 Å². The zero-order valence-electron chi connectivity index (χ0n) is 11.7. The predicted molar refractivity (Wildman–Crippen MR) is 77.3 cm³/mol. The third-order valence-electron chi connectivity index (χ3n) is 4.84. The number of hydrogen-bond donors (Lipinski definition) is 3. The minimum absolute atomic E-state index is 0.0868. The molecular formula is C16H19NO4. The number of nitrogens with one attached hydrogen (secondary N) is 1. The number of phenols is 1. The van der Waals surface area contributed by atoms with E-state index in [0.717, 1.165) is 18.4 Å². The van der Waals surface area contributed by atoms with Crippen LogP contribution in [0.4, 0.5) is 5.69 Å². The molecule has 2 fully saturated rings. The second-order valence-electron chi connectivity index (χ2n) is 6.22. The van der Waals surface area contributed by atoms with Gasteiger partial charge in [-0.2, -0.15) is 0 Å². The predicted octanol–water partition coefficient (Wildman–Crippen LogP) is 2.86. The van der Waals surface area contributed by atoms with Crippen LogP contribution in [-0.2, 0) is 4.79 Å². The molecular weight excluding hydrogens is 270 g/mol. The lowest BCUT2D eigenvalue weighted by Gasteiger charge is -2.21. The van der Waals surface area contributed by atoms with E-state index in [1.807, 2.05) is 0 Å². The van der Waals surface area contributed by atoms with E-state index in [9.17, 15) is 14.7 Å². The number of amides is 1. The molecule has 2 bridgehead atoms. The largest absolute Gasteiger partial charge is 0.508 e. The molecule has 1 amide bonds. The summed E-state index contributed by atoms with van der Waals surface area (Å²) in [5.74, 6) is 0.463. The Labute approximate surface area is 123 Å². The van der Waals surface area contributed by atoms with Crippen molar-refractivity contribution in [2.45, 2.75) is 32.1 Å². The number of phenolic OH excluding ortho intramolecular Hbond substituents is 1. The first kappa shape index (κ1) is 13.9. The normalized spacial score (nSPS) is 26.8. The van der Waals surface area contributed by atoms with Crippen LogP contribution in [0.25, 0.3) is 0 Å². The van der Waals surface area contributed by atoms with E-state index in [4.69, 9.17) is 5.11 Å². The van der Waals surface area contributed by atoms with Gasteiger partial charge >= 0.3 is 5.97 Å². The van der Waals surface area contributed by atoms with Crippen LogP contribution >= 0.6 is 0 Å². The molecule has 1 aromatic rings. The van der Waals surface area contributed by atoms with Crippen molar-refractivity contribution in [1.29, 1.82) is 0 Å². The van der Waals surface area contributed by atoms with Crippen molar-refractivity contribution in [3.63, 3.8) is 0 Å². The van der Waals surface area contributed by atoms with Crippen LogP contribution in [0.5, 0.6) is 5.75 Å². The molecule has 2 aliphatic rings. The lowest BCUT2D eigenvalue weighted by Crippen LogP contribution is -2.21. The number of carboxylic acids is 1.